The second-order valence-corrected chi connectivity index (χ2v) is 8.07. The molecule has 0 aromatic rings. The molecule has 1 saturated heterocycles. The van der Waals surface area contributed by atoms with Crippen LogP contribution in [0.25, 0.3) is 0 Å². The Morgan fingerprint density at radius 1 is 1.30 bits per heavy atom. The molecule has 0 aromatic carbocycles. The molecule has 2 rings (SSSR count). The molecule has 0 amide bonds. The van der Waals surface area contributed by atoms with Crippen molar-refractivity contribution in [1.29, 1.82) is 0 Å². The monoisotopic (exact) mass is 304 g/mol. The summed E-state index contributed by atoms with van der Waals surface area (Å²) in [5.74, 6) is -0.368. The average molecular weight is 304 g/mol. The summed E-state index contributed by atoms with van der Waals surface area (Å²) in [5, 5.41) is 9.34. The zero-order valence-corrected chi connectivity index (χ0v) is 12.9. The molecule has 2 fully saturated rings. The van der Waals surface area contributed by atoms with Crippen LogP contribution in [0.2, 0.25) is 0 Å². The van der Waals surface area contributed by atoms with Gasteiger partial charge in [0.05, 0.1) is 5.41 Å². The summed E-state index contributed by atoms with van der Waals surface area (Å²) in [5.41, 5.74) is -0.990. The lowest BCUT2D eigenvalue weighted by atomic mass is 9.85. The van der Waals surface area contributed by atoms with Crippen molar-refractivity contribution in [3.63, 3.8) is 0 Å². The first-order valence-electron chi connectivity index (χ1n) is 7.26. The normalized spacial score (nSPS) is 33.4. The first-order chi connectivity index (χ1) is 9.25. The number of piperidine rings is 1. The maximum atomic E-state index is 12.4. The predicted octanol–water partition coefficient (Wildman–Crippen LogP) is 1.20. The smallest absolute Gasteiger partial charge is 0.310 e. The van der Waals surface area contributed by atoms with Crippen LogP contribution in [0, 0.1) is 11.3 Å². The number of carbonyl (C=O) groups is 1. The minimum atomic E-state index is -3.57. The zero-order valence-electron chi connectivity index (χ0n) is 12.1. The Labute approximate surface area is 120 Å². The summed E-state index contributed by atoms with van der Waals surface area (Å²) in [7, 11) is -3.57. The van der Waals surface area contributed by atoms with E-state index in [4.69, 9.17) is 0 Å². The number of nitrogens with zero attached hydrogens (tertiary/aromatic N) is 1. The highest BCUT2D eigenvalue weighted by Crippen LogP contribution is 2.38. The number of aliphatic carboxylic acids is 1. The fourth-order valence-electron chi connectivity index (χ4n) is 3.09. The highest BCUT2D eigenvalue weighted by molar-refractivity contribution is 7.87. The minimum Gasteiger partial charge on any atom is -0.481 e. The molecule has 2 atom stereocenters. The van der Waals surface area contributed by atoms with E-state index in [1.165, 1.54) is 4.31 Å². The standard InChI is InChI=1S/C13H24N2O4S/c1-10-5-8-15(9-6-10)20(18,19)14-11-4-3-7-13(11,2)12(16)17/h10-11,14H,3-9H2,1-2H3,(H,16,17). The number of hydrogen-bond donors (Lipinski definition) is 2. The highest BCUT2D eigenvalue weighted by Gasteiger charge is 2.47. The molecule has 2 unspecified atom stereocenters. The van der Waals surface area contributed by atoms with Gasteiger partial charge in [0.1, 0.15) is 0 Å². The van der Waals surface area contributed by atoms with Gasteiger partial charge < -0.3 is 5.11 Å². The van der Waals surface area contributed by atoms with E-state index in [0.29, 0.717) is 31.8 Å². The van der Waals surface area contributed by atoms with Crippen LogP contribution in [0.5, 0.6) is 0 Å². The van der Waals surface area contributed by atoms with E-state index in [1.807, 2.05) is 0 Å². The van der Waals surface area contributed by atoms with E-state index in [1.54, 1.807) is 6.92 Å². The van der Waals surface area contributed by atoms with Gasteiger partial charge in [0.25, 0.3) is 10.2 Å². The van der Waals surface area contributed by atoms with Crippen molar-refractivity contribution in [2.45, 2.75) is 52.0 Å². The summed E-state index contributed by atoms with van der Waals surface area (Å²) in [6, 6.07) is -0.510. The van der Waals surface area contributed by atoms with Gasteiger partial charge in [0, 0.05) is 19.1 Å². The second kappa shape index (κ2) is 5.61. The molecule has 2 N–H and O–H groups in total. The summed E-state index contributed by atoms with van der Waals surface area (Å²) in [6.45, 7) is 4.80. The molecule has 7 heteroatoms. The molecular formula is C13H24N2O4S. The minimum absolute atomic E-state index is 0.510. The molecule has 1 saturated carbocycles. The molecule has 116 valence electrons. The van der Waals surface area contributed by atoms with Crippen molar-refractivity contribution >= 4 is 16.2 Å². The third kappa shape index (κ3) is 2.99. The first-order valence-corrected chi connectivity index (χ1v) is 8.70. The predicted molar refractivity (Wildman–Crippen MR) is 75.4 cm³/mol. The SMILES string of the molecule is CC1CCN(S(=O)(=O)NC2CCCC2(C)C(=O)O)CC1. The van der Waals surface area contributed by atoms with Gasteiger partial charge in [-0.2, -0.15) is 17.4 Å². The molecule has 6 nitrogen and oxygen atoms in total. The van der Waals surface area contributed by atoms with Gasteiger partial charge in [0.15, 0.2) is 0 Å². The Kier molecular flexibility index (Phi) is 4.41. The van der Waals surface area contributed by atoms with Crippen LogP contribution in [0.1, 0.15) is 46.0 Å². The summed E-state index contributed by atoms with van der Waals surface area (Å²) in [4.78, 5) is 11.4. The van der Waals surface area contributed by atoms with Crippen LogP contribution in [-0.2, 0) is 15.0 Å². The van der Waals surface area contributed by atoms with Crippen LogP contribution in [0.4, 0.5) is 0 Å². The maximum Gasteiger partial charge on any atom is 0.310 e. The lowest BCUT2D eigenvalue weighted by Crippen LogP contribution is -2.53. The van der Waals surface area contributed by atoms with Crippen LogP contribution >= 0.6 is 0 Å². The van der Waals surface area contributed by atoms with Gasteiger partial charge in [-0.3, -0.25) is 4.79 Å². The van der Waals surface area contributed by atoms with Gasteiger partial charge in [0.2, 0.25) is 0 Å². The molecule has 0 radical (unpaired) electrons. The van der Waals surface area contributed by atoms with Crippen LogP contribution < -0.4 is 4.72 Å². The van der Waals surface area contributed by atoms with Gasteiger partial charge in [-0.1, -0.05) is 13.3 Å². The molecule has 0 bridgehead atoms. The Bertz CT molecular complexity index is 471. The van der Waals surface area contributed by atoms with E-state index in [-0.39, 0.29) is 0 Å². The number of nitrogens with one attached hydrogen (secondary N) is 1. The van der Waals surface area contributed by atoms with Crippen molar-refractivity contribution in [3.8, 4) is 0 Å². The molecule has 2 aliphatic rings. The van der Waals surface area contributed by atoms with Crippen LogP contribution in [0.3, 0.4) is 0 Å². The number of rotatable bonds is 4. The molecule has 1 aliphatic heterocycles. The first kappa shape index (κ1) is 15.7. The Morgan fingerprint density at radius 3 is 2.45 bits per heavy atom. The lowest BCUT2D eigenvalue weighted by Gasteiger charge is -2.33. The Hall–Kier alpha value is -0.660. The summed E-state index contributed by atoms with van der Waals surface area (Å²) >= 11 is 0. The van der Waals surface area contributed by atoms with E-state index in [2.05, 4.69) is 11.6 Å². The quantitative estimate of drug-likeness (QED) is 0.817. The molecule has 1 aliphatic carbocycles. The van der Waals surface area contributed by atoms with Gasteiger partial charge in [-0.25, -0.2) is 0 Å². The van der Waals surface area contributed by atoms with Crippen molar-refractivity contribution < 1.29 is 18.3 Å². The molecular weight excluding hydrogens is 280 g/mol. The number of carboxylic acids is 1. The van der Waals surface area contributed by atoms with E-state index >= 15 is 0 Å². The largest absolute Gasteiger partial charge is 0.481 e. The van der Waals surface area contributed by atoms with Gasteiger partial charge in [-0.15, -0.1) is 0 Å². The van der Waals surface area contributed by atoms with Crippen molar-refractivity contribution in [2.24, 2.45) is 11.3 Å². The second-order valence-electron chi connectivity index (χ2n) is 6.37. The third-order valence-electron chi connectivity index (χ3n) is 4.82. The van der Waals surface area contributed by atoms with E-state index < -0.39 is 27.6 Å². The maximum absolute atomic E-state index is 12.4. The van der Waals surface area contributed by atoms with Crippen molar-refractivity contribution in [3.05, 3.63) is 0 Å². The van der Waals surface area contributed by atoms with E-state index in [0.717, 1.165) is 19.3 Å². The summed E-state index contributed by atoms with van der Waals surface area (Å²) < 4.78 is 28.8. The zero-order chi connectivity index (χ0) is 15.0. The highest BCUT2D eigenvalue weighted by atomic mass is 32.2. The fraction of sp³-hybridized carbons (Fsp3) is 0.923. The van der Waals surface area contributed by atoms with Crippen LogP contribution in [-0.4, -0.2) is 42.9 Å². The Morgan fingerprint density at radius 2 is 1.90 bits per heavy atom. The Balaban J connectivity index is 2.06. The topological polar surface area (TPSA) is 86.7 Å². The lowest BCUT2D eigenvalue weighted by molar-refractivity contribution is -0.148. The third-order valence-corrected chi connectivity index (χ3v) is 6.45. The average Bonchev–Trinajstić information content (AvgIpc) is 2.72. The number of hydrogen-bond acceptors (Lipinski definition) is 3. The van der Waals surface area contributed by atoms with Crippen LogP contribution in [0.15, 0.2) is 0 Å². The number of carboxylic acid groups (broad SMARTS) is 1. The van der Waals surface area contributed by atoms with E-state index in [9.17, 15) is 18.3 Å². The van der Waals surface area contributed by atoms with Gasteiger partial charge >= 0.3 is 5.97 Å². The fourth-order valence-corrected chi connectivity index (χ4v) is 4.67. The van der Waals surface area contributed by atoms with Gasteiger partial charge in [-0.05, 0) is 38.5 Å². The van der Waals surface area contributed by atoms with Crippen molar-refractivity contribution in [1.82, 2.24) is 9.03 Å². The molecule has 0 aromatic heterocycles. The van der Waals surface area contributed by atoms with Crippen molar-refractivity contribution in [2.75, 3.05) is 13.1 Å². The summed E-state index contributed by atoms with van der Waals surface area (Å²) in [6.07, 6.45) is 3.58. The molecule has 1 heterocycles. The molecule has 20 heavy (non-hydrogen) atoms. The molecule has 0 spiro atoms.